The van der Waals surface area contributed by atoms with Gasteiger partial charge in [-0.2, -0.15) is 0 Å². The van der Waals surface area contributed by atoms with E-state index >= 15 is 0 Å². The fourth-order valence-corrected chi connectivity index (χ4v) is 3.06. The normalized spacial score (nSPS) is 19.6. The Bertz CT molecular complexity index is 811. The fourth-order valence-electron chi connectivity index (χ4n) is 3.06. The summed E-state index contributed by atoms with van der Waals surface area (Å²) in [6.45, 7) is 0.338. The van der Waals surface area contributed by atoms with Crippen molar-refractivity contribution in [2.45, 2.75) is 43.7 Å². The number of carbonyl (C=O) groups excluding carboxylic acids is 1. The van der Waals surface area contributed by atoms with Gasteiger partial charge in [-0.1, -0.05) is 61.6 Å². The van der Waals surface area contributed by atoms with Crippen molar-refractivity contribution in [2.75, 3.05) is 12.0 Å². The van der Waals surface area contributed by atoms with Gasteiger partial charge in [-0.15, -0.1) is 6.04 Å². The van der Waals surface area contributed by atoms with Crippen molar-refractivity contribution in [3.8, 4) is 0 Å². The third-order valence-electron chi connectivity index (χ3n) is 5.09. The zero-order valence-corrected chi connectivity index (χ0v) is 19.2. The molecular weight excluding hydrogens is 536 g/mol. The van der Waals surface area contributed by atoms with E-state index < -0.39 is 5.91 Å². The molecule has 0 aliphatic heterocycles. The van der Waals surface area contributed by atoms with Crippen LogP contribution in [0.1, 0.15) is 42.7 Å². The zero-order valence-electron chi connectivity index (χ0n) is 16.3. The minimum atomic E-state index is -0.763. The first kappa shape index (κ1) is 23.3. The number of benzene rings is 2. The van der Waals surface area contributed by atoms with Crippen LogP contribution in [-0.4, -0.2) is 35.5 Å². The van der Waals surface area contributed by atoms with Crippen molar-refractivity contribution in [1.82, 2.24) is 0 Å². The number of nitrogens with two attached hydrogens (primary N) is 1. The molecule has 2 fully saturated rings. The molecule has 1 amide bonds. The van der Waals surface area contributed by atoms with Gasteiger partial charge in [-0.3, -0.25) is 10.2 Å². The summed E-state index contributed by atoms with van der Waals surface area (Å²) in [5.41, 5.74) is 7.51. The predicted molar refractivity (Wildman–Crippen MR) is 112 cm³/mol. The predicted octanol–water partition coefficient (Wildman–Crippen LogP) is 3.37. The van der Waals surface area contributed by atoms with E-state index in [-0.39, 0.29) is 38.9 Å². The number of amides is 1. The molecule has 7 heteroatoms. The number of hydrogen-bond donors (Lipinski definition) is 4. The number of para-hydroxylation sites is 1. The van der Waals surface area contributed by atoms with Gasteiger partial charge in [0.05, 0.1) is 0 Å². The molecule has 6 nitrogen and oxygen atoms in total. The number of aliphatic hydroxyl groups is 1. The molecule has 0 heterocycles. The van der Waals surface area contributed by atoms with Crippen molar-refractivity contribution in [2.24, 2.45) is 5.73 Å². The third kappa shape index (κ3) is 6.77. The summed E-state index contributed by atoms with van der Waals surface area (Å²) in [5.74, 6) is 0.145. The van der Waals surface area contributed by atoms with Crippen LogP contribution in [-0.2, 0) is 25.9 Å². The molecular formula is C22H27N4O2W-. The molecule has 2 aromatic carbocycles. The van der Waals surface area contributed by atoms with Crippen molar-refractivity contribution >= 4 is 17.3 Å². The van der Waals surface area contributed by atoms with Crippen LogP contribution in [0.15, 0.2) is 54.6 Å². The second-order valence-corrected chi connectivity index (χ2v) is 7.20. The minimum Gasteiger partial charge on any atom is -0.640 e. The van der Waals surface area contributed by atoms with Crippen molar-refractivity contribution < 1.29 is 31.0 Å². The summed E-state index contributed by atoms with van der Waals surface area (Å²) in [7, 11) is 0. The summed E-state index contributed by atoms with van der Waals surface area (Å²) in [6.07, 6.45) is 4.19. The summed E-state index contributed by atoms with van der Waals surface area (Å²) in [5, 5.41) is 24.4. The number of carbonyl (C=O) groups is 1. The number of nitrogens with zero attached hydrogens (tertiary/aromatic N) is 1. The van der Waals surface area contributed by atoms with E-state index in [0.717, 1.165) is 18.8 Å². The number of nitrogens with one attached hydrogen (secondary N) is 2. The number of rotatable bonds is 7. The Morgan fingerprint density at radius 2 is 1.72 bits per heavy atom. The largest absolute Gasteiger partial charge is 0.640 e. The Morgan fingerprint density at radius 1 is 1.07 bits per heavy atom. The van der Waals surface area contributed by atoms with Crippen LogP contribution < -0.4 is 11.1 Å². The minimum absolute atomic E-state index is 0. The van der Waals surface area contributed by atoms with E-state index in [1.807, 2.05) is 0 Å². The molecule has 2 aromatic rings. The SMILES string of the molecule is N=C(C(N)=O)c1ccccc1NC[N-]C1CCC1O.[W].c1ccc(C2CC2)cc1. The van der Waals surface area contributed by atoms with Crippen LogP contribution in [0, 0.1) is 5.41 Å². The number of primary amides is 1. The average molecular weight is 563 g/mol. The third-order valence-corrected chi connectivity index (χ3v) is 5.09. The maximum Gasteiger partial charge on any atom is 0.267 e. The Balaban J connectivity index is 0.000000250. The first-order valence-corrected chi connectivity index (χ1v) is 9.67. The zero-order chi connectivity index (χ0) is 19.9. The van der Waals surface area contributed by atoms with Crippen LogP contribution in [0.5, 0.6) is 0 Å². The van der Waals surface area contributed by atoms with E-state index in [2.05, 4.69) is 41.0 Å². The monoisotopic (exact) mass is 563 g/mol. The average Bonchev–Trinajstić information content (AvgIpc) is 3.56. The van der Waals surface area contributed by atoms with Gasteiger partial charge in [-0.25, -0.2) is 0 Å². The molecule has 0 saturated heterocycles. The number of anilines is 1. The first-order valence-electron chi connectivity index (χ1n) is 9.67. The van der Waals surface area contributed by atoms with Crippen LogP contribution in [0.4, 0.5) is 5.69 Å². The van der Waals surface area contributed by atoms with Crippen LogP contribution in [0.3, 0.4) is 0 Å². The second kappa shape index (κ2) is 11.2. The molecule has 2 saturated carbocycles. The summed E-state index contributed by atoms with van der Waals surface area (Å²) in [6, 6.07) is 17.7. The molecule has 5 N–H and O–H groups in total. The molecule has 2 aliphatic carbocycles. The second-order valence-electron chi connectivity index (χ2n) is 7.20. The maximum absolute atomic E-state index is 11.0. The first-order chi connectivity index (χ1) is 13.6. The van der Waals surface area contributed by atoms with E-state index in [1.165, 1.54) is 18.4 Å². The Labute approximate surface area is 186 Å². The molecule has 0 aromatic heterocycles. The molecule has 154 valence electrons. The van der Waals surface area contributed by atoms with Gasteiger partial charge in [0.1, 0.15) is 5.71 Å². The summed E-state index contributed by atoms with van der Waals surface area (Å²) >= 11 is 0. The smallest absolute Gasteiger partial charge is 0.267 e. The van der Waals surface area contributed by atoms with Crippen molar-refractivity contribution in [3.05, 3.63) is 71.0 Å². The Kier molecular flexibility index (Phi) is 9.02. The maximum atomic E-state index is 11.0. The molecule has 4 rings (SSSR count). The molecule has 0 bridgehead atoms. The van der Waals surface area contributed by atoms with Crippen LogP contribution in [0.2, 0.25) is 0 Å². The Morgan fingerprint density at radius 3 is 2.28 bits per heavy atom. The van der Waals surface area contributed by atoms with E-state index in [9.17, 15) is 9.90 Å². The van der Waals surface area contributed by atoms with Crippen LogP contribution in [0.25, 0.3) is 5.32 Å². The van der Waals surface area contributed by atoms with Gasteiger partial charge >= 0.3 is 0 Å². The van der Waals surface area contributed by atoms with E-state index in [4.69, 9.17) is 11.1 Å². The number of hydrogen-bond acceptors (Lipinski definition) is 4. The molecule has 2 aliphatic rings. The van der Waals surface area contributed by atoms with Gasteiger partial charge < -0.3 is 21.5 Å². The summed E-state index contributed by atoms with van der Waals surface area (Å²) in [4.78, 5) is 11.0. The van der Waals surface area contributed by atoms with Gasteiger partial charge in [0.2, 0.25) is 0 Å². The van der Waals surface area contributed by atoms with E-state index in [0.29, 0.717) is 17.9 Å². The standard InChI is InChI=1S/C13H17N4O2.C9H10.W/c14-12(13(15)19)8-3-1-2-4-9(8)16-7-17-10-5-6-11(10)18;1-2-4-8(5-3-1)9-6-7-9;/h1-4,10-11,14,16,18H,5-7H2,(H2,15,19);1-5,9H,6-7H2;/q-1;;. The quantitative estimate of drug-likeness (QED) is 0.388. The molecule has 0 radical (unpaired) electrons. The molecule has 0 spiro atoms. The number of aliphatic hydroxyl groups excluding tert-OH is 1. The van der Waals surface area contributed by atoms with Gasteiger partial charge in [0.25, 0.3) is 5.91 Å². The van der Waals surface area contributed by atoms with E-state index in [1.54, 1.807) is 24.3 Å². The van der Waals surface area contributed by atoms with Gasteiger partial charge in [-0.05, 0) is 36.8 Å². The fraction of sp³-hybridized carbons (Fsp3) is 0.364. The molecule has 2 unspecified atom stereocenters. The summed E-state index contributed by atoms with van der Waals surface area (Å²) < 4.78 is 0. The van der Waals surface area contributed by atoms with Crippen molar-refractivity contribution in [1.29, 1.82) is 5.41 Å². The van der Waals surface area contributed by atoms with Crippen molar-refractivity contribution in [3.63, 3.8) is 0 Å². The molecule has 29 heavy (non-hydrogen) atoms. The topological polar surface area (TPSA) is 113 Å². The molecule has 2 atom stereocenters. The van der Waals surface area contributed by atoms with Crippen LogP contribution >= 0.6 is 0 Å². The van der Waals surface area contributed by atoms with Gasteiger partial charge in [0.15, 0.2) is 0 Å². The van der Waals surface area contributed by atoms with Gasteiger partial charge in [0, 0.05) is 38.4 Å². The Hall–Kier alpha value is -2.01.